The van der Waals surface area contributed by atoms with Crippen LogP contribution in [0.15, 0.2) is 18.5 Å². The molecule has 18 heteroatoms. The lowest BCUT2D eigenvalue weighted by Crippen LogP contribution is -2.52. The number of halogens is 1. The summed E-state index contributed by atoms with van der Waals surface area (Å²) in [6, 6.07) is 1.13. The van der Waals surface area contributed by atoms with E-state index in [9.17, 15) is 29.1 Å². The topological polar surface area (TPSA) is 204 Å². The van der Waals surface area contributed by atoms with Crippen molar-refractivity contribution in [3.05, 3.63) is 44.5 Å². The second-order valence-electron chi connectivity index (χ2n) is 16.0. The van der Waals surface area contributed by atoms with E-state index >= 15 is 0 Å². The van der Waals surface area contributed by atoms with Gasteiger partial charge in [-0.3, -0.25) is 24.4 Å². The predicted molar refractivity (Wildman–Crippen MR) is 218 cm³/mol. The predicted octanol–water partition coefficient (Wildman–Crippen LogP) is 5.85. The second kappa shape index (κ2) is 18.9. The number of carbonyl (C=O) groups excluding carboxylic acids is 4. The molecule has 5 heterocycles. The molecule has 0 spiro atoms. The monoisotopic (exact) mass is 836 g/mol. The van der Waals surface area contributed by atoms with Crippen LogP contribution in [0.3, 0.4) is 0 Å². The van der Waals surface area contributed by atoms with Crippen LogP contribution in [-0.2, 0) is 36.1 Å². The van der Waals surface area contributed by atoms with Crippen LogP contribution >= 0.6 is 22.9 Å². The highest BCUT2D eigenvalue weighted by atomic mass is 35.5. The number of fused-ring (bicyclic) bond motifs is 1. The molecule has 7 rings (SSSR count). The number of piperidine rings is 1. The van der Waals surface area contributed by atoms with Crippen LogP contribution in [0.4, 0.5) is 15.5 Å². The summed E-state index contributed by atoms with van der Waals surface area (Å²) in [5.41, 5.74) is 3.61. The zero-order valence-corrected chi connectivity index (χ0v) is 34.5. The highest BCUT2D eigenvalue weighted by molar-refractivity contribution is 7.14. The van der Waals surface area contributed by atoms with Crippen LogP contribution in [-0.4, -0.2) is 95.7 Å². The van der Waals surface area contributed by atoms with Crippen LogP contribution in [0.2, 0.25) is 5.02 Å². The fourth-order valence-electron chi connectivity index (χ4n) is 8.31. The third-order valence-electron chi connectivity index (χ3n) is 11.7. The normalized spacial score (nSPS) is 20.5. The molecule has 0 aromatic carbocycles. The summed E-state index contributed by atoms with van der Waals surface area (Å²) in [6.07, 6.45) is 15.4. The number of hydrogen-bond donors (Lipinski definition) is 5. The summed E-state index contributed by atoms with van der Waals surface area (Å²) in [4.78, 5) is 75.1. The fourth-order valence-corrected chi connectivity index (χ4v) is 9.57. The average molecular weight is 837 g/mol. The smallest absolute Gasteiger partial charge is 0.407 e. The molecule has 2 saturated carbocycles. The molecule has 3 fully saturated rings. The second-order valence-corrected chi connectivity index (χ2v) is 17.5. The lowest BCUT2D eigenvalue weighted by atomic mass is 9.90. The maximum atomic E-state index is 12.9. The number of unbranched alkanes of at least 4 members (excludes halogenated alkanes) is 5. The van der Waals surface area contributed by atoms with Gasteiger partial charge in [0.15, 0.2) is 0 Å². The Balaban J connectivity index is 0.740. The van der Waals surface area contributed by atoms with Gasteiger partial charge in [-0.05, 0) is 81.8 Å². The number of rotatable bonds is 18. The van der Waals surface area contributed by atoms with E-state index in [4.69, 9.17) is 16.6 Å². The molecule has 6 amide bonds. The van der Waals surface area contributed by atoms with Crippen molar-refractivity contribution in [1.82, 2.24) is 45.5 Å². The largest absolute Gasteiger partial charge is 0.465 e. The Labute approximate surface area is 346 Å². The first-order valence-corrected chi connectivity index (χ1v) is 21.8. The summed E-state index contributed by atoms with van der Waals surface area (Å²) in [5, 5.41) is 26.5. The molecule has 16 nitrogen and oxygen atoms in total. The van der Waals surface area contributed by atoms with E-state index in [1.54, 1.807) is 11.1 Å². The molecule has 3 aromatic heterocycles. The molecule has 58 heavy (non-hydrogen) atoms. The molecule has 312 valence electrons. The van der Waals surface area contributed by atoms with Gasteiger partial charge < -0.3 is 30.9 Å². The van der Waals surface area contributed by atoms with Crippen LogP contribution < -0.4 is 21.3 Å². The number of thiophene rings is 1. The number of amides is 6. The summed E-state index contributed by atoms with van der Waals surface area (Å²) < 4.78 is 1.91. The molecule has 1 atom stereocenters. The summed E-state index contributed by atoms with van der Waals surface area (Å²) in [6.45, 7) is 1.69. The van der Waals surface area contributed by atoms with Gasteiger partial charge in [0.2, 0.25) is 17.8 Å². The molecule has 0 radical (unpaired) electrons. The van der Waals surface area contributed by atoms with Crippen molar-refractivity contribution in [2.45, 2.75) is 128 Å². The van der Waals surface area contributed by atoms with Gasteiger partial charge in [0.1, 0.15) is 6.04 Å². The summed E-state index contributed by atoms with van der Waals surface area (Å²) in [7, 11) is 1.96. The van der Waals surface area contributed by atoms with Crippen LogP contribution in [0.25, 0.3) is 11.3 Å². The first kappa shape index (κ1) is 41.4. The minimum absolute atomic E-state index is 0.00612. The van der Waals surface area contributed by atoms with E-state index in [0.717, 1.165) is 92.3 Å². The third kappa shape index (κ3) is 10.3. The standard InChI is InChI=1S/C40H53ClN10O6S/c1-49-32(18-24-8-9-24)29(21-45-49)34-30(41)22-43-38(48-34)46-26-10-12-27(13-11-26)50(40(56)57)17-7-5-3-2-4-6-16-42-39(55)44-20-28-19-25-23-51(37(54)35(25)58-28)31-14-15-33(52)47-36(31)53/h19,21-22,24,26-27,31H,2-18,20,23H2,1H3,(H,56,57)(H2,42,44,55)(H,43,46,48)(H,47,52,53). The van der Waals surface area contributed by atoms with Gasteiger partial charge >= 0.3 is 12.1 Å². The quantitative estimate of drug-likeness (QED) is 0.0764. The van der Waals surface area contributed by atoms with E-state index < -0.39 is 18.0 Å². The van der Waals surface area contributed by atoms with Gasteiger partial charge in [-0.25, -0.2) is 19.6 Å². The number of carbonyl (C=O) groups is 5. The van der Waals surface area contributed by atoms with Crippen molar-refractivity contribution in [3.8, 4) is 11.3 Å². The zero-order valence-electron chi connectivity index (χ0n) is 32.9. The number of urea groups is 1. The third-order valence-corrected chi connectivity index (χ3v) is 13.2. The van der Waals surface area contributed by atoms with Crippen molar-refractivity contribution >= 4 is 58.7 Å². The van der Waals surface area contributed by atoms with Crippen molar-refractivity contribution in [2.75, 3.05) is 18.4 Å². The van der Waals surface area contributed by atoms with E-state index in [2.05, 4.69) is 31.3 Å². The Hall–Kier alpha value is -4.77. The SMILES string of the molecule is Cn1ncc(-c2nc(NC3CCC(N(CCCCCCCCNC(=O)NCc4cc5c(s4)C(=O)N(C4CCC(=O)NC4=O)C5)C(=O)O)CC3)ncc2Cl)c1CC1CC1. The first-order chi connectivity index (χ1) is 28.0. The zero-order chi connectivity index (χ0) is 40.8. The molecule has 2 aliphatic carbocycles. The molecule has 0 bridgehead atoms. The number of aromatic nitrogens is 4. The van der Waals surface area contributed by atoms with Gasteiger partial charge in [-0.15, -0.1) is 11.3 Å². The Morgan fingerprint density at radius 1 is 1.00 bits per heavy atom. The number of anilines is 1. The lowest BCUT2D eigenvalue weighted by molar-refractivity contribution is -0.136. The average Bonchev–Trinajstić information content (AvgIpc) is 3.71. The molecular weight excluding hydrogens is 784 g/mol. The molecule has 1 saturated heterocycles. The van der Waals surface area contributed by atoms with Crippen molar-refractivity contribution < 1.29 is 29.1 Å². The maximum Gasteiger partial charge on any atom is 0.407 e. The van der Waals surface area contributed by atoms with E-state index in [0.29, 0.717) is 60.1 Å². The molecule has 5 N–H and O–H groups in total. The molecular formula is C40H53ClN10O6S. The Morgan fingerprint density at radius 3 is 2.48 bits per heavy atom. The fraction of sp³-hybridized carbons (Fsp3) is 0.600. The number of carboxylic acid groups (broad SMARTS) is 1. The molecule has 1 unspecified atom stereocenters. The Kier molecular flexibility index (Phi) is 13.5. The van der Waals surface area contributed by atoms with Crippen molar-refractivity contribution in [3.63, 3.8) is 0 Å². The van der Waals surface area contributed by atoms with Crippen LogP contribution in [0.5, 0.6) is 0 Å². The van der Waals surface area contributed by atoms with Gasteiger partial charge in [0, 0.05) is 61.3 Å². The lowest BCUT2D eigenvalue weighted by Gasteiger charge is -2.35. The highest BCUT2D eigenvalue weighted by Gasteiger charge is 2.40. The van der Waals surface area contributed by atoms with Gasteiger partial charge in [0.25, 0.3) is 5.91 Å². The Bertz CT molecular complexity index is 1990. The number of hydrogen-bond acceptors (Lipinski definition) is 10. The van der Waals surface area contributed by atoms with E-state index in [-0.39, 0.29) is 36.3 Å². The highest BCUT2D eigenvalue weighted by Crippen LogP contribution is 2.37. The number of nitrogens with one attached hydrogen (secondary N) is 4. The summed E-state index contributed by atoms with van der Waals surface area (Å²) in [5.74, 6) is 0.269. The van der Waals surface area contributed by atoms with Gasteiger partial charge in [-0.2, -0.15) is 5.10 Å². The van der Waals surface area contributed by atoms with E-state index in [1.165, 1.54) is 29.1 Å². The number of nitrogens with zero attached hydrogens (tertiary/aromatic N) is 6. The van der Waals surface area contributed by atoms with Gasteiger partial charge in [0.05, 0.1) is 34.5 Å². The maximum absolute atomic E-state index is 12.9. The van der Waals surface area contributed by atoms with Crippen LogP contribution in [0.1, 0.15) is 116 Å². The molecule has 4 aliphatic rings. The van der Waals surface area contributed by atoms with Crippen LogP contribution in [0, 0.1) is 5.92 Å². The Morgan fingerprint density at radius 2 is 1.76 bits per heavy atom. The van der Waals surface area contributed by atoms with Crippen molar-refractivity contribution in [2.24, 2.45) is 13.0 Å². The number of imide groups is 1. The molecule has 2 aliphatic heterocycles. The van der Waals surface area contributed by atoms with Gasteiger partial charge in [-0.1, -0.05) is 37.3 Å². The van der Waals surface area contributed by atoms with E-state index in [1.807, 2.05) is 24.0 Å². The molecule has 3 aromatic rings. The summed E-state index contributed by atoms with van der Waals surface area (Å²) >= 11 is 7.88. The minimum Gasteiger partial charge on any atom is -0.465 e. The first-order valence-electron chi connectivity index (χ1n) is 20.6. The minimum atomic E-state index is -0.863. The number of aryl methyl sites for hydroxylation is 1. The van der Waals surface area contributed by atoms with Crippen molar-refractivity contribution in [1.29, 1.82) is 0 Å².